The quantitative estimate of drug-likeness (QED) is 0.0169. The molecule has 2 atom stereocenters. The summed E-state index contributed by atoms with van der Waals surface area (Å²) < 4.78 is 34.6. The summed E-state index contributed by atoms with van der Waals surface area (Å²) in [4.78, 5) is 22.8. The molecule has 0 spiro atoms. The fourth-order valence-corrected chi connectivity index (χ4v) is 6.31. The second kappa shape index (κ2) is 34.9. The lowest BCUT2D eigenvalue weighted by atomic mass is 10.0. The Morgan fingerprint density at radius 3 is 1.54 bits per heavy atom. The Morgan fingerprint density at radius 1 is 0.620 bits per heavy atom. The Morgan fingerprint density at radius 2 is 1.06 bits per heavy atom. The van der Waals surface area contributed by atoms with Crippen LogP contribution >= 0.6 is 7.82 Å². The van der Waals surface area contributed by atoms with Gasteiger partial charge >= 0.3 is 13.8 Å². The number of phosphoric ester groups is 1. The zero-order valence-corrected chi connectivity index (χ0v) is 34.3. The van der Waals surface area contributed by atoms with Crippen molar-refractivity contribution in [2.45, 2.75) is 187 Å². The minimum atomic E-state index is -4.28. The predicted molar refractivity (Wildman–Crippen MR) is 210 cm³/mol. The smallest absolute Gasteiger partial charge is 0.472 e. The third kappa shape index (κ3) is 38.1. The highest BCUT2D eigenvalue weighted by atomic mass is 31.2. The molecule has 0 aromatic rings. The first-order chi connectivity index (χ1) is 24.1. The van der Waals surface area contributed by atoms with Crippen molar-refractivity contribution in [3.63, 3.8) is 0 Å². The van der Waals surface area contributed by atoms with Crippen molar-refractivity contribution in [3.05, 3.63) is 24.5 Å². The Balaban J connectivity index is 4.32. The first-order valence-electron chi connectivity index (χ1n) is 20.6. The van der Waals surface area contributed by atoms with E-state index in [4.69, 9.17) is 18.5 Å². The van der Waals surface area contributed by atoms with Crippen LogP contribution in [0.5, 0.6) is 0 Å². The molecule has 0 amide bonds. The molecular formula is C41H81NO7P+. The fraction of sp³-hybridized carbons (Fsp3) is 0.878. The number of nitrogens with zero attached hydrogens (tertiary/aromatic N) is 1. The number of unbranched alkanes of at least 4 members (excludes halogenated alkanes) is 22. The van der Waals surface area contributed by atoms with Gasteiger partial charge in [0.25, 0.3) is 0 Å². The average Bonchev–Trinajstić information content (AvgIpc) is 3.06. The molecular weight excluding hydrogens is 649 g/mol. The van der Waals surface area contributed by atoms with Crippen LogP contribution in [-0.2, 0) is 27.9 Å². The Hall–Kier alpha value is -1.18. The van der Waals surface area contributed by atoms with E-state index >= 15 is 0 Å². The van der Waals surface area contributed by atoms with E-state index in [0.29, 0.717) is 17.4 Å². The monoisotopic (exact) mass is 731 g/mol. The summed E-state index contributed by atoms with van der Waals surface area (Å²) in [6.07, 6.45) is 38.7. The lowest BCUT2D eigenvalue weighted by Crippen LogP contribution is -2.37. The van der Waals surface area contributed by atoms with Gasteiger partial charge in [0.1, 0.15) is 19.8 Å². The molecule has 0 saturated heterocycles. The third-order valence-electron chi connectivity index (χ3n) is 8.83. The van der Waals surface area contributed by atoms with Gasteiger partial charge in [-0.15, -0.1) is 0 Å². The number of likely N-dealkylation sites (N-methyl/N-ethyl adjacent to an activating group) is 1. The van der Waals surface area contributed by atoms with Crippen LogP contribution in [0, 0.1) is 0 Å². The molecule has 1 N–H and O–H groups in total. The van der Waals surface area contributed by atoms with E-state index in [1.165, 1.54) is 122 Å². The van der Waals surface area contributed by atoms with Crippen LogP contribution in [0.4, 0.5) is 0 Å². The standard InChI is InChI=1S/C41H80NO7P/c1-6-8-10-12-14-16-18-20-21-22-23-25-27-29-31-33-36-46-38-40(39-48-50(44,45)47-37-35-42(3,4)5)49-41(43)34-32-30-28-26-24-19-17-15-13-11-9-7-2/h20-21,33,36,40H,6-19,22-32,34-35,37-39H2,1-5H3/p+1/b21-20-,36-33-. The predicted octanol–water partition coefficient (Wildman–Crippen LogP) is 12.0. The van der Waals surface area contributed by atoms with Gasteiger partial charge in [-0.1, -0.05) is 142 Å². The molecule has 2 unspecified atom stereocenters. The Labute approximate surface area is 309 Å². The molecule has 0 aromatic carbocycles. The lowest BCUT2D eigenvalue weighted by molar-refractivity contribution is -0.870. The van der Waals surface area contributed by atoms with Gasteiger partial charge in [0.15, 0.2) is 6.10 Å². The van der Waals surface area contributed by atoms with Crippen molar-refractivity contribution in [2.24, 2.45) is 0 Å². The topological polar surface area (TPSA) is 91.3 Å². The van der Waals surface area contributed by atoms with Gasteiger partial charge < -0.3 is 18.9 Å². The maximum absolute atomic E-state index is 12.6. The first kappa shape index (κ1) is 48.8. The van der Waals surface area contributed by atoms with Gasteiger partial charge in [0.2, 0.25) is 0 Å². The number of allylic oxidation sites excluding steroid dienone is 3. The van der Waals surface area contributed by atoms with Crippen LogP contribution in [0.25, 0.3) is 0 Å². The number of rotatable bonds is 38. The maximum atomic E-state index is 12.6. The molecule has 0 saturated carbocycles. The highest BCUT2D eigenvalue weighted by Gasteiger charge is 2.26. The fourth-order valence-electron chi connectivity index (χ4n) is 5.57. The van der Waals surface area contributed by atoms with E-state index in [2.05, 4.69) is 26.0 Å². The summed E-state index contributed by atoms with van der Waals surface area (Å²) in [5, 5.41) is 0. The van der Waals surface area contributed by atoms with Crippen LogP contribution in [0.2, 0.25) is 0 Å². The molecule has 0 fully saturated rings. The molecule has 0 aromatic heterocycles. The van der Waals surface area contributed by atoms with Gasteiger partial charge in [-0.05, 0) is 51.0 Å². The number of quaternary nitrogens is 1. The van der Waals surface area contributed by atoms with Crippen molar-refractivity contribution < 1.29 is 37.3 Å². The summed E-state index contributed by atoms with van der Waals surface area (Å²) in [6, 6.07) is 0. The minimum Gasteiger partial charge on any atom is -0.498 e. The van der Waals surface area contributed by atoms with Crippen molar-refractivity contribution in [3.8, 4) is 0 Å². The van der Waals surface area contributed by atoms with Crippen LogP contribution in [-0.4, -0.2) is 69.0 Å². The van der Waals surface area contributed by atoms with Gasteiger partial charge in [-0.2, -0.15) is 0 Å². The molecule has 0 aliphatic rings. The maximum Gasteiger partial charge on any atom is 0.472 e. The number of ether oxygens (including phenoxy) is 2. The summed E-state index contributed by atoms with van der Waals surface area (Å²) in [7, 11) is 1.63. The van der Waals surface area contributed by atoms with Gasteiger partial charge in [-0.25, -0.2) is 4.57 Å². The zero-order valence-electron chi connectivity index (χ0n) is 33.4. The summed E-state index contributed by atoms with van der Waals surface area (Å²) in [6.45, 7) is 4.92. The van der Waals surface area contributed by atoms with E-state index in [1.54, 1.807) is 6.26 Å². The van der Waals surface area contributed by atoms with E-state index in [-0.39, 0.29) is 25.8 Å². The van der Waals surface area contributed by atoms with Crippen LogP contribution in [0.3, 0.4) is 0 Å². The third-order valence-corrected chi connectivity index (χ3v) is 9.81. The summed E-state index contributed by atoms with van der Waals surface area (Å²) in [5.74, 6) is -0.339. The number of carbonyl (C=O) groups excluding carboxylic acids is 1. The molecule has 0 bridgehead atoms. The second-order valence-corrected chi connectivity index (χ2v) is 16.5. The Bertz CT molecular complexity index is 858. The van der Waals surface area contributed by atoms with Gasteiger partial charge in [-0.3, -0.25) is 13.8 Å². The number of esters is 1. The molecule has 0 rings (SSSR count). The second-order valence-electron chi connectivity index (χ2n) is 15.1. The SMILES string of the molecule is CCCCCCCC/C=C\CCCCCC/C=C\OCC(COP(=O)(O)OCC[N+](C)(C)C)OC(=O)CCCCCCCCCCCCCC. The van der Waals surface area contributed by atoms with Crippen molar-refractivity contribution in [1.82, 2.24) is 0 Å². The first-order valence-corrected chi connectivity index (χ1v) is 22.1. The van der Waals surface area contributed by atoms with Crippen molar-refractivity contribution in [2.75, 3.05) is 47.5 Å². The number of carbonyl (C=O) groups is 1. The van der Waals surface area contributed by atoms with Crippen LogP contribution in [0.1, 0.15) is 181 Å². The molecule has 0 radical (unpaired) electrons. The molecule has 0 aliphatic carbocycles. The van der Waals surface area contributed by atoms with E-state index in [0.717, 1.165) is 38.5 Å². The summed E-state index contributed by atoms with van der Waals surface area (Å²) in [5.41, 5.74) is 0. The summed E-state index contributed by atoms with van der Waals surface area (Å²) >= 11 is 0. The van der Waals surface area contributed by atoms with Crippen molar-refractivity contribution >= 4 is 13.8 Å². The van der Waals surface area contributed by atoms with E-state index in [9.17, 15) is 14.3 Å². The van der Waals surface area contributed by atoms with Gasteiger partial charge in [0, 0.05) is 6.42 Å². The van der Waals surface area contributed by atoms with E-state index in [1.807, 2.05) is 27.2 Å². The molecule has 0 heterocycles. The zero-order chi connectivity index (χ0) is 37.0. The average molecular weight is 731 g/mol. The number of phosphoric acid groups is 1. The van der Waals surface area contributed by atoms with Crippen molar-refractivity contribution in [1.29, 1.82) is 0 Å². The van der Waals surface area contributed by atoms with Crippen LogP contribution < -0.4 is 0 Å². The number of hydrogen-bond donors (Lipinski definition) is 1. The highest BCUT2D eigenvalue weighted by Crippen LogP contribution is 2.43. The molecule has 50 heavy (non-hydrogen) atoms. The molecule has 9 heteroatoms. The normalized spacial score (nSPS) is 14.0. The largest absolute Gasteiger partial charge is 0.498 e. The molecule has 0 aliphatic heterocycles. The lowest BCUT2D eigenvalue weighted by Gasteiger charge is -2.24. The highest BCUT2D eigenvalue weighted by molar-refractivity contribution is 7.47. The van der Waals surface area contributed by atoms with E-state index < -0.39 is 13.9 Å². The molecule has 8 nitrogen and oxygen atoms in total. The van der Waals surface area contributed by atoms with Crippen LogP contribution in [0.15, 0.2) is 24.5 Å². The minimum absolute atomic E-state index is 0.0463. The Kier molecular flexibility index (Phi) is 34.1. The van der Waals surface area contributed by atoms with Gasteiger partial charge in [0.05, 0.1) is 34.0 Å². The number of hydrogen-bond acceptors (Lipinski definition) is 6. The molecule has 296 valence electrons.